The molecular weight excluding hydrogens is 809 g/mol. The van der Waals surface area contributed by atoms with Gasteiger partial charge in [0.2, 0.25) is 0 Å². The fourth-order valence-electron chi connectivity index (χ4n) is 11.8. The molecule has 1 heteroatoms. The van der Waals surface area contributed by atoms with Gasteiger partial charge < -0.3 is 5.11 Å². The van der Waals surface area contributed by atoms with Gasteiger partial charge in [-0.2, -0.15) is 0 Å². The van der Waals surface area contributed by atoms with Crippen molar-refractivity contribution in [2.75, 3.05) is 0 Å². The van der Waals surface area contributed by atoms with Crippen LogP contribution in [0.25, 0.3) is 0 Å². The van der Waals surface area contributed by atoms with E-state index in [1.165, 1.54) is 169 Å². The number of phenols is 1. The highest BCUT2D eigenvalue weighted by Crippen LogP contribution is 2.50. The van der Waals surface area contributed by atoms with Crippen LogP contribution in [0.3, 0.4) is 0 Å². The second-order valence-corrected chi connectivity index (χ2v) is 21.4. The van der Waals surface area contributed by atoms with Crippen LogP contribution >= 0.6 is 0 Å². The van der Waals surface area contributed by atoms with Gasteiger partial charge in [0.1, 0.15) is 5.75 Å². The molecule has 0 bridgehead atoms. The second kappa shape index (κ2) is 30.3. The number of phenolic OH excluding ortho intramolecular Hbond substituents is 1. The Labute approximate surface area is 415 Å². The van der Waals surface area contributed by atoms with Crippen LogP contribution < -0.4 is 0 Å². The fourth-order valence-corrected chi connectivity index (χ4v) is 11.8. The van der Waals surface area contributed by atoms with Crippen LogP contribution in [0.1, 0.15) is 301 Å². The first-order valence-corrected chi connectivity index (χ1v) is 28.7. The van der Waals surface area contributed by atoms with Gasteiger partial charge >= 0.3 is 0 Å². The zero-order chi connectivity index (χ0) is 48.7. The number of aromatic hydroxyl groups is 1. The molecule has 0 saturated heterocycles. The normalized spacial score (nSPS) is 14.5. The van der Waals surface area contributed by atoms with E-state index in [1.807, 2.05) is 0 Å². The molecule has 1 N–H and O–H groups in total. The minimum Gasteiger partial charge on any atom is -0.508 e. The summed E-state index contributed by atoms with van der Waals surface area (Å²) in [5.74, 6) is 2.01. The van der Waals surface area contributed by atoms with E-state index in [1.54, 1.807) is 38.9 Å². The Bertz CT molecular complexity index is 2000. The fraction of sp³-hybridized carbons (Fsp3) is 0.636. The number of unbranched alkanes of at least 4 members (excludes halogenated alkanes) is 12. The van der Waals surface area contributed by atoms with Crippen molar-refractivity contribution in [3.8, 4) is 5.75 Å². The van der Waals surface area contributed by atoms with E-state index < -0.39 is 0 Å². The summed E-state index contributed by atoms with van der Waals surface area (Å²) in [6.07, 6.45) is 29.7. The van der Waals surface area contributed by atoms with Crippen molar-refractivity contribution in [1.29, 1.82) is 0 Å². The quantitative estimate of drug-likeness (QED) is 0.0472. The van der Waals surface area contributed by atoms with Crippen LogP contribution in [0.15, 0.2) is 66.7 Å². The molecule has 4 aromatic carbocycles. The molecule has 4 aromatic rings. The smallest absolute Gasteiger partial charge is 0.119 e. The van der Waals surface area contributed by atoms with Crippen LogP contribution in [0.5, 0.6) is 5.75 Å². The third kappa shape index (κ3) is 15.6. The lowest BCUT2D eigenvalue weighted by Gasteiger charge is -2.35. The van der Waals surface area contributed by atoms with Crippen LogP contribution in [-0.4, -0.2) is 5.11 Å². The molecule has 6 atom stereocenters. The number of hydrogen-bond acceptors (Lipinski definition) is 1. The maximum Gasteiger partial charge on any atom is 0.119 e. The molecule has 0 heterocycles. The van der Waals surface area contributed by atoms with Gasteiger partial charge in [-0.15, -0.1) is 0 Å². The van der Waals surface area contributed by atoms with E-state index in [0.717, 1.165) is 12.8 Å². The molecular formula is C66H102O. The van der Waals surface area contributed by atoms with Crippen molar-refractivity contribution in [3.63, 3.8) is 0 Å². The minimum absolute atomic E-state index is 0.138. The number of benzene rings is 4. The Hall–Kier alpha value is -3.32. The summed E-state index contributed by atoms with van der Waals surface area (Å²) in [4.78, 5) is 0. The molecule has 0 aliphatic carbocycles. The zero-order valence-electron chi connectivity index (χ0n) is 45.7. The molecule has 0 radical (unpaired) electrons. The Morgan fingerprint density at radius 1 is 0.299 bits per heavy atom. The van der Waals surface area contributed by atoms with E-state index in [4.69, 9.17) is 0 Å². The summed E-state index contributed by atoms with van der Waals surface area (Å²) >= 11 is 0. The Kier molecular flexibility index (Phi) is 25.5. The topological polar surface area (TPSA) is 20.2 Å². The number of hydrogen-bond donors (Lipinski definition) is 1. The van der Waals surface area contributed by atoms with E-state index in [2.05, 4.69) is 150 Å². The number of aryl methyl sites for hydroxylation is 3. The molecule has 0 aromatic heterocycles. The summed E-state index contributed by atoms with van der Waals surface area (Å²) in [7, 11) is 0. The Morgan fingerprint density at radius 3 is 0.910 bits per heavy atom. The SMILES string of the molecule is CCCCCc1cccc(C(C)C(C)c2ccc(O)c(C(C)C(C)c3cccc(CCCCC)c3CCCCC)c2C(C)C(C)c2cccc(CCCCC)c2CCCCC)c1CCCCC. The zero-order valence-corrected chi connectivity index (χ0v) is 45.7. The molecule has 372 valence electrons. The summed E-state index contributed by atoms with van der Waals surface area (Å²) < 4.78 is 0. The molecule has 0 spiro atoms. The Morgan fingerprint density at radius 2 is 0.582 bits per heavy atom. The monoisotopic (exact) mass is 911 g/mol. The van der Waals surface area contributed by atoms with Crippen molar-refractivity contribution >= 4 is 0 Å². The van der Waals surface area contributed by atoms with Gasteiger partial charge in [0.25, 0.3) is 0 Å². The van der Waals surface area contributed by atoms with E-state index in [9.17, 15) is 5.11 Å². The highest BCUT2D eigenvalue weighted by Gasteiger charge is 2.34. The average Bonchev–Trinajstić information content (AvgIpc) is 3.33. The van der Waals surface area contributed by atoms with Gasteiger partial charge in [-0.1, -0.05) is 221 Å². The van der Waals surface area contributed by atoms with E-state index in [0.29, 0.717) is 17.6 Å². The van der Waals surface area contributed by atoms with Crippen molar-refractivity contribution in [3.05, 3.63) is 133 Å². The lowest BCUT2D eigenvalue weighted by atomic mass is 9.69. The molecule has 0 fully saturated rings. The van der Waals surface area contributed by atoms with Crippen LogP contribution in [-0.2, 0) is 38.5 Å². The molecule has 0 aliphatic rings. The molecule has 67 heavy (non-hydrogen) atoms. The highest BCUT2D eigenvalue weighted by atomic mass is 16.3. The van der Waals surface area contributed by atoms with Gasteiger partial charge in [0.05, 0.1) is 0 Å². The molecule has 6 unspecified atom stereocenters. The van der Waals surface area contributed by atoms with Gasteiger partial charge in [-0.05, 0) is 180 Å². The van der Waals surface area contributed by atoms with Crippen molar-refractivity contribution in [2.24, 2.45) is 0 Å². The van der Waals surface area contributed by atoms with Gasteiger partial charge in [-0.3, -0.25) is 0 Å². The summed E-state index contributed by atoms with van der Waals surface area (Å²) in [6, 6.07) is 26.2. The summed E-state index contributed by atoms with van der Waals surface area (Å²) in [5.41, 5.74) is 18.2. The largest absolute Gasteiger partial charge is 0.508 e. The van der Waals surface area contributed by atoms with Gasteiger partial charge in [0, 0.05) is 5.56 Å². The molecule has 0 amide bonds. The number of rotatable bonds is 33. The lowest BCUT2D eigenvalue weighted by Crippen LogP contribution is -2.19. The van der Waals surface area contributed by atoms with Crippen LogP contribution in [0.2, 0.25) is 0 Å². The molecule has 0 saturated carbocycles. The standard InChI is InChI=1S/C66H102O/c1-13-19-25-34-54-37-31-43-57(61(54)40-28-22-16-4)48(7)49(8)60-46-47-64(67)66(53(12)51(10)59-45-33-39-56(36-27-21-15-3)63(59)42-30-24-18-6)65(60)52(11)50(9)58-44-32-38-55(35-26-20-14-2)62(58)41-29-23-17-5/h31-33,37-39,43-53,67H,13-30,34-36,40-42H2,1-12H3. The lowest BCUT2D eigenvalue weighted by molar-refractivity contribution is 0.448. The van der Waals surface area contributed by atoms with Crippen molar-refractivity contribution < 1.29 is 5.11 Å². The van der Waals surface area contributed by atoms with Gasteiger partial charge in [-0.25, -0.2) is 0 Å². The minimum atomic E-state index is 0.138. The predicted octanol–water partition coefficient (Wildman–Crippen LogP) is 20.5. The van der Waals surface area contributed by atoms with Crippen LogP contribution in [0, 0.1) is 0 Å². The van der Waals surface area contributed by atoms with Crippen molar-refractivity contribution in [1.82, 2.24) is 0 Å². The second-order valence-electron chi connectivity index (χ2n) is 21.4. The van der Waals surface area contributed by atoms with Gasteiger partial charge in [0.15, 0.2) is 0 Å². The van der Waals surface area contributed by atoms with E-state index >= 15 is 0 Å². The maximum absolute atomic E-state index is 12.5. The molecule has 1 nitrogen and oxygen atoms in total. The first-order valence-electron chi connectivity index (χ1n) is 28.7. The predicted molar refractivity (Wildman–Crippen MR) is 297 cm³/mol. The Balaban J connectivity index is 1.97. The third-order valence-corrected chi connectivity index (χ3v) is 16.6. The van der Waals surface area contributed by atoms with Crippen LogP contribution in [0.4, 0.5) is 0 Å². The first kappa shape index (κ1) is 56.3. The average molecular weight is 912 g/mol. The summed E-state index contributed by atoms with van der Waals surface area (Å²) in [6.45, 7) is 29.0. The molecule has 0 aliphatic heterocycles. The maximum atomic E-state index is 12.5. The van der Waals surface area contributed by atoms with E-state index in [-0.39, 0.29) is 23.7 Å². The summed E-state index contributed by atoms with van der Waals surface area (Å²) in [5, 5.41) is 12.5. The van der Waals surface area contributed by atoms with Crippen molar-refractivity contribution in [2.45, 2.75) is 273 Å². The third-order valence-electron chi connectivity index (χ3n) is 16.6. The first-order chi connectivity index (χ1) is 32.5. The molecule has 4 rings (SSSR count). The highest BCUT2D eigenvalue weighted by molar-refractivity contribution is 5.54.